The molecule has 0 bridgehead atoms. The fourth-order valence-corrected chi connectivity index (χ4v) is 8.49. The highest BCUT2D eigenvalue weighted by Crippen LogP contribution is 2.43. The third-order valence-electron chi connectivity index (χ3n) is 11.0. The van der Waals surface area contributed by atoms with Crippen molar-refractivity contribution in [3.63, 3.8) is 0 Å². The largest absolute Gasteiger partial charge is 0.481 e. The fourth-order valence-electron chi connectivity index (χ4n) is 7.50. The number of carbonyl (C=O) groups is 4. The van der Waals surface area contributed by atoms with Crippen LogP contribution in [0.4, 0.5) is 0 Å². The number of halogens is 1. The van der Waals surface area contributed by atoms with Crippen molar-refractivity contribution in [3.8, 4) is 0 Å². The SMILES string of the molecule is COC(=O)C(Cc1ccc(C)cc1)NC(=O)C1(CCCCSC)CCCC1.COC(=O)C(N)Cc1ccc(C)cc1.CSCCCCC1(C(=O)O)CCCC1.Cl. The molecule has 2 aliphatic rings. The molecular formula is C44H69ClN2O7S2. The number of aryl methyl sites for hydroxylation is 2. The fraction of sp³-hybridized carbons (Fsp3) is 0.636. The van der Waals surface area contributed by atoms with E-state index in [0.717, 1.165) is 113 Å². The molecule has 2 aromatic rings. The van der Waals surface area contributed by atoms with E-state index in [2.05, 4.69) is 22.6 Å². The summed E-state index contributed by atoms with van der Waals surface area (Å²) in [6, 6.07) is 14.8. The Balaban J connectivity index is 0.000000457. The smallest absolute Gasteiger partial charge is 0.328 e. The Bertz CT molecular complexity index is 1430. The van der Waals surface area contributed by atoms with Gasteiger partial charge in [0.1, 0.15) is 12.1 Å². The van der Waals surface area contributed by atoms with Gasteiger partial charge in [-0.2, -0.15) is 23.5 Å². The monoisotopic (exact) mass is 836 g/mol. The van der Waals surface area contributed by atoms with Crippen molar-refractivity contribution >= 4 is 59.7 Å². The number of hydrogen-bond donors (Lipinski definition) is 3. The molecule has 56 heavy (non-hydrogen) atoms. The lowest BCUT2D eigenvalue weighted by Crippen LogP contribution is -2.49. The highest BCUT2D eigenvalue weighted by molar-refractivity contribution is 7.98. The highest BCUT2D eigenvalue weighted by Gasteiger charge is 2.42. The van der Waals surface area contributed by atoms with E-state index in [1.54, 1.807) is 0 Å². The topological polar surface area (TPSA) is 145 Å². The van der Waals surface area contributed by atoms with Gasteiger partial charge >= 0.3 is 17.9 Å². The summed E-state index contributed by atoms with van der Waals surface area (Å²) in [4.78, 5) is 47.7. The van der Waals surface area contributed by atoms with Gasteiger partial charge in [-0.15, -0.1) is 12.4 Å². The summed E-state index contributed by atoms with van der Waals surface area (Å²) in [7, 11) is 2.72. The van der Waals surface area contributed by atoms with E-state index in [4.69, 9.17) is 10.5 Å². The number of aliphatic carboxylic acids is 1. The van der Waals surface area contributed by atoms with Crippen LogP contribution >= 0.6 is 35.9 Å². The molecule has 2 saturated carbocycles. The molecule has 2 unspecified atom stereocenters. The van der Waals surface area contributed by atoms with Gasteiger partial charge in [0.2, 0.25) is 5.91 Å². The van der Waals surface area contributed by atoms with E-state index in [-0.39, 0.29) is 41.1 Å². The summed E-state index contributed by atoms with van der Waals surface area (Å²) in [5.74, 6) is 1.03. The second-order valence-electron chi connectivity index (χ2n) is 15.2. The van der Waals surface area contributed by atoms with Crippen molar-refractivity contribution in [2.45, 2.75) is 129 Å². The van der Waals surface area contributed by atoms with Gasteiger partial charge in [0.25, 0.3) is 0 Å². The Morgan fingerprint density at radius 3 is 1.52 bits per heavy atom. The number of rotatable bonds is 19. The average molecular weight is 838 g/mol. The van der Waals surface area contributed by atoms with E-state index in [1.807, 2.05) is 85.9 Å². The molecule has 4 N–H and O–H groups in total. The van der Waals surface area contributed by atoms with Crippen molar-refractivity contribution in [1.82, 2.24) is 5.32 Å². The maximum Gasteiger partial charge on any atom is 0.328 e. The number of ether oxygens (including phenoxy) is 2. The Labute approximate surface area is 351 Å². The molecule has 0 saturated heterocycles. The summed E-state index contributed by atoms with van der Waals surface area (Å²) in [6.45, 7) is 4.05. The summed E-state index contributed by atoms with van der Waals surface area (Å²) in [5, 5.41) is 12.3. The highest BCUT2D eigenvalue weighted by atomic mass is 35.5. The number of methoxy groups -OCH3 is 2. The number of thioether (sulfide) groups is 2. The molecule has 0 heterocycles. The van der Waals surface area contributed by atoms with Crippen LogP contribution in [-0.2, 0) is 41.5 Å². The molecule has 0 radical (unpaired) electrons. The molecule has 2 aliphatic carbocycles. The van der Waals surface area contributed by atoms with Crippen LogP contribution in [0.5, 0.6) is 0 Å². The molecule has 4 rings (SSSR count). The summed E-state index contributed by atoms with van der Waals surface area (Å²) >= 11 is 3.69. The Morgan fingerprint density at radius 1 is 0.696 bits per heavy atom. The number of hydrogen-bond acceptors (Lipinski definition) is 9. The predicted molar refractivity (Wildman–Crippen MR) is 235 cm³/mol. The molecular weight excluding hydrogens is 768 g/mol. The van der Waals surface area contributed by atoms with Crippen LogP contribution in [0.25, 0.3) is 0 Å². The summed E-state index contributed by atoms with van der Waals surface area (Å²) in [5.41, 5.74) is 9.41. The minimum absolute atomic E-state index is 0. The summed E-state index contributed by atoms with van der Waals surface area (Å²) in [6.07, 6.45) is 19.5. The predicted octanol–water partition coefficient (Wildman–Crippen LogP) is 8.91. The number of carboxylic acid groups (broad SMARTS) is 1. The molecule has 12 heteroatoms. The second-order valence-corrected chi connectivity index (χ2v) is 17.2. The van der Waals surface area contributed by atoms with E-state index in [0.29, 0.717) is 12.8 Å². The molecule has 0 aromatic heterocycles. The van der Waals surface area contributed by atoms with Crippen molar-refractivity contribution in [2.75, 3.05) is 38.2 Å². The van der Waals surface area contributed by atoms with Crippen LogP contribution < -0.4 is 11.1 Å². The van der Waals surface area contributed by atoms with Crippen molar-refractivity contribution < 1.29 is 33.8 Å². The number of benzene rings is 2. The third-order valence-corrected chi connectivity index (χ3v) is 12.4. The van der Waals surface area contributed by atoms with Gasteiger partial charge in [-0.1, -0.05) is 98.2 Å². The number of carbonyl (C=O) groups excluding carboxylic acids is 3. The first-order valence-corrected chi connectivity index (χ1v) is 22.7. The van der Waals surface area contributed by atoms with Gasteiger partial charge in [0.15, 0.2) is 0 Å². The van der Waals surface area contributed by atoms with Crippen LogP contribution in [0.15, 0.2) is 48.5 Å². The zero-order valence-electron chi connectivity index (χ0n) is 34.7. The zero-order chi connectivity index (χ0) is 40.7. The quantitative estimate of drug-likeness (QED) is 0.0927. The van der Waals surface area contributed by atoms with Gasteiger partial charge in [-0.25, -0.2) is 4.79 Å². The third kappa shape index (κ3) is 17.8. The zero-order valence-corrected chi connectivity index (χ0v) is 37.1. The van der Waals surface area contributed by atoms with Gasteiger partial charge in [0, 0.05) is 11.8 Å². The lowest BCUT2D eigenvalue weighted by atomic mass is 9.80. The van der Waals surface area contributed by atoms with Crippen LogP contribution in [0.2, 0.25) is 0 Å². The van der Waals surface area contributed by atoms with Crippen LogP contribution in [-0.4, -0.2) is 79.2 Å². The summed E-state index contributed by atoms with van der Waals surface area (Å²) < 4.78 is 9.51. The number of unbranched alkanes of at least 4 members (excludes halogenated alkanes) is 2. The average Bonchev–Trinajstić information content (AvgIpc) is 3.88. The molecule has 0 aliphatic heterocycles. The normalized spacial score (nSPS) is 16.1. The maximum atomic E-state index is 13.2. The first-order valence-electron chi connectivity index (χ1n) is 19.9. The van der Waals surface area contributed by atoms with E-state index in [9.17, 15) is 24.3 Å². The first kappa shape index (κ1) is 51.3. The molecule has 9 nitrogen and oxygen atoms in total. The van der Waals surface area contributed by atoms with Crippen molar-refractivity contribution in [3.05, 3.63) is 70.8 Å². The first-order chi connectivity index (χ1) is 26.3. The van der Waals surface area contributed by atoms with Crippen LogP contribution in [0.1, 0.15) is 112 Å². The minimum atomic E-state index is -0.631. The van der Waals surface area contributed by atoms with Crippen LogP contribution in [0, 0.1) is 24.7 Å². The van der Waals surface area contributed by atoms with Gasteiger partial charge in [-0.3, -0.25) is 14.4 Å². The van der Waals surface area contributed by atoms with Gasteiger partial charge in [-0.05, 0) is 107 Å². The second kappa shape index (κ2) is 27.8. The lowest BCUT2D eigenvalue weighted by Gasteiger charge is -2.30. The van der Waals surface area contributed by atoms with Gasteiger partial charge < -0.3 is 25.6 Å². The number of amides is 1. The van der Waals surface area contributed by atoms with Crippen molar-refractivity contribution in [1.29, 1.82) is 0 Å². The Morgan fingerprint density at radius 2 is 1.11 bits per heavy atom. The minimum Gasteiger partial charge on any atom is -0.481 e. The molecule has 1 amide bonds. The molecule has 0 spiro atoms. The molecule has 2 fully saturated rings. The number of nitrogens with two attached hydrogens (primary N) is 1. The number of carboxylic acids is 1. The van der Waals surface area contributed by atoms with E-state index < -0.39 is 18.1 Å². The maximum absolute atomic E-state index is 13.2. The molecule has 2 atom stereocenters. The van der Waals surface area contributed by atoms with E-state index in [1.165, 1.54) is 25.3 Å². The Kier molecular flexibility index (Phi) is 25.5. The number of nitrogens with one attached hydrogen (secondary N) is 1. The number of esters is 2. The molecule has 2 aromatic carbocycles. The molecule has 316 valence electrons. The van der Waals surface area contributed by atoms with Crippen LogP contribution in [0.3, 0.4) is 0 Å². The van der Waals surface area contributed by atoms with Gasteiger partial charge in [0.05, 0.1) is 19.6 Å². The van der Waals surface area contributed by atoms with Crippen molar-refractivity contribution in [2.24, 2.45) is 16.6 Å². The standard InChI is InChI=1S/C22H33NO3S.C11H15NO2.C11H20O2S.ClH/c1-17-8-10-18(11-9-17)16-19(20(24)26-2)23-21(25)22(12-4-5-13-22)14-6-7-15-27-3;1-8-3-5-9(6-4-8)7-10(12)11(13)14-2;1-14-9-5-4-8-11(10(12)13)6-2-3-7-11;/h8-11,19H,4-7,12-16H2,1-3H3,(H,23,25);3-6,10H,7,12H2,1-2H3;2-9H2,1H3,(H,12,13);1H. The van der Waals surface area contributed by atoms with E-state index >= 15 is 0 Å². The lowest BCUT2D eigenvalue weighted by molar-refractivity contribution is -0.149. The Hall–Kier alpha value is -2.73.